The maximum Gasteiger partial charge on any atom is 0.123 e. The smallest absolute Gasteiger partial charge is 0.123 e. The molecular formula is C14H12F2OS. The maximum atomic E-state index is 13.1. The Hall–Kier alpha value is -1.39. The predicted molar refractivity (Wildman–Crippen MR) is 67.6 cm³/mol. The van der Waals surface area contributed by atoms with Crippen LogP contribution in [0.2, 0.25) is 0 Å². The van der Waals surface area contributed by atoms with Gasteiger partial charge >= 0.3 is 0 Å². The van der Waals surface area contributed by atoms with E-state index >= 15 is 0 Å². The first-order valence-electron chi connectivity index (χ1n) is 5.47. The van der Waals surface area contributed by atoms with Crippen molar-refractivity contribution < 1.29 is 13.9 Å². The van der Waals surface area contributed by atoms with Gasteiger partial charge in [-0.25, -0.2) is 8.78 Å². The number of benzene rings is 2. The zero-order chi connectivity index (χ0) is 13.1. The van der Waals surface area contributed by atoms with E-state index < -0.39 is 6.10 Å². The summed E-state index contributed by atoms with van der Waals surface area (Å²) in [6.45, 7) is 1.59. The molecular weight excluding hydrogens is 254 g/mol. The van der Waals surface area contributed by atoms with Crippen LogP contribution in [-0.4, -0.2) is 5.11 Å². The molecule has 1 nitrogen and oxygen atoms in total. The lowest BCUT2D eigenvalue weighted by Gasteiger charge is -2.11. The van der Waals surface area contributed by atoms with Gasteiger partial charge in [0.2, 0.25) is 0 Å². The van der Waals surface area contributed by atoms with E-state index in [4.69, 9.17) is 0 Å². The summed E-state index contributed by atoms with van der Waals surface area (Å²) in [7, 11) is 0. The van der Waals surface area contributed by atoms with E-state index in [9.17, 15) is 13.9 Å². The highest BCUT2D eigenvalue weighted by atomic mass is 32.2. The Bertz CT molecular complexity index is 538. The maximum absolute atomic E-state index is 13.1. The molecule has 2 aromatic carbocycles. The standard InChI is InChI=1S/C14H12F2OS/c1-9(17)13-8-11(16)4-7-14(13)18-12-5-2-10(15)3-6-12/h2-9,17H,1H3/t9-/m1/s1. The second-order valence-electron chi connectivity index (χ2n) is 3.91. The van der Waals surface area contributed by atoms with Gasteiger partial charge in [-0.2, -0.15) is 0 Å². The molecule has 1 N–H and O–H groups in total. The Morgan fingerprint density at radius 3 is 2.22 bits per heavy atom. The molecule has 0 saturated heterocycles. The molecule has 0 aliphatic heterocycles. The van der Waals surface area contributed by atoms with Crippen LogP contribution in [0.4, 0.5) is 8.78 Å². The van der Waals surface area contributed by atoms with Gasteiger partial charge in [-0.05, 0) is 55.0 Å². The highest BCUT2D eigenvalue weighted by Crippen LogP contribution is 2.33. The van der Waals surface area contributed by atoms with Crippen LogP contribution in [0.1, 0.15) is 18.6 Å². The van der Waals surface area contributed by atoms with Crippen LogP contribution in [0, 0.1) is 11.6 Å². The minimum Gasteiger partial charge on any atom is -0.389 e. The lowest BCUT2D eigenvalue weighted by atomic mass is 10.1. The van der Waals surface area contributed by atoms with Crippen LogP contribution in [0.5, 0.6) is 0 Å². The van der Waals surface area contributed by atoms with Crippen molar-refractivity contribution in [2.24, 2.45) is 0 Å². The summed E-state index contributed by atoms with van der Waals surface area (Å²) in [4.78, 5) is 1.60. The Balaban J connectivity index is 2.31. The van der Waals surface area contributed by atoms with Gasteiger partial charge in [0.05, 0.1) is 6.10 Å². The van der Waals surface area contributed by atoms with Gasteiger partial charge in [-0.3, -0.25) is 0 Å². The van der Waals surface area contributed by atoms with E-state index in [1.165, 1.54) is 36.0 Å². The highest BCUT2D eigenvalue weighted by Gasteiger charge is 2.10. The minimum atomic E-state index is -0.747. The first kappa shape index (κ1) is 13.1. The summed E-state index contributed by atoms with van der Waals surface area (Å²) in [5, 5.41) is 9.61. The van der Waals surface area contributed by atoms with Gasteiger partial charge in [-0.1, -0.05) is 11.8 Å². The average molecular weight is 266 g/mol. The molecule has 0 spiro atoms. The fourth-order valence-electron chi connectivity index (χ4n) is 1.57. The summed E-state index contributed by atoms with van der Waals surface area (Å²) >= 11 is 1.37. The second-order valence-corrected chi connectivity index (χ2v) is 5.03. The van der Waals surface area contributed by atoms with Gasteiger partial charge in [0, 0.05) is 9.79 Å². The zero-order valence-electron chi connectivity index (χ0n) is 9.73. The normalized spacial score (nSPS) is 12.4. The van der Waals surface area contributed by atoms with E-state index in [2.05, 4.69) is 0 Å². The predicted octanol–water partition coefficient (Wildman–Crippen LogP) is 4.17. The first-order valence-corrected chi connectivity index (χ1v) is 6.29. The number of aliphatic hydroxyl groups excluding tert-OH is 1. The third kappa shape index (κ3) is 3.09. The van der Waals surface area contributed by atoms with Crippen molar-refractivity contribution in [2.75, 3.05) is 0 Å². The van der Waals surface area contributed by atoms with Crippen LogP contribution in [0.15, 0.2) is 52.3 Å². The van der Waals surface area contributed by atoms with Crippen molar-refractivity contribution in [1.82, 2.24) is 0 Å². The van der Waals surface area contributed by atoms with Crippen LogP contribution in [-0.2, 0) is 0 Å². The molecule has 4 heteroatoms. The molecule has 0 aliphatic carbocycles. The molecule has 0 unspecified atom stereocenters. The molecule has 0 aromatic heterocycles. The van der Waals surface area contributed by atoms with Crippen molar-refractivity contribution in [3.8, 4) is 0 Å². The fourth-order valence-corrected chi connectivity index (χ4v) is 2.58. The monoisotopic (exact) mass is 266 g/mol. The number of rotatable bonds is 3. The number of halogens is 2. The largest absolute Gasteiger partial charge is 0.389 e. The third-order valence-electron chi connectivity index (χ3n) is 2.46. The van der Waals surface area contributed by atoms with Crippen LogP contribution < -0.4 is 0 Å². The number of hydrogen-bond acceptors (Lipinski definition) is 2. The van der Waals surface area contributed by atoms with Crippen molar-refractivity contribution in [3.05, 3.63) is 59.7 Å². The second kappa shape index (κ2) is 5.50. The molecule has 0 fully saturated rings. The van der Waals surface area contributed by atoms with E-state index in [1.807, 2.05) is 0 Å². The molecule has 18 heavy (non-hydrogen) atoms. The Morgan fingerprint density at radius 1 is 1.00 bits per heavy atom. The van der Waals surface area contributed by atoms with Gasteiger partial charge in [0.1, 0.15) is 11.6 Å². The zero-order valence-corrected chi connectivity index (χ0v) is 10.5. The minimum absolute atomic E-state index is 0.297. The van der Waals surface area contributed by atoms with E-state index in [0.717, 1.165) is 9.79 Å². The van der Waals surface area contributed by atoms with Gasteiger partial charge in [0.15, 0.2) is 0 Å². The van der Waals surface area contributed by atoms with E-state index in [1.54, 1.807) is 25.1 Å². The average Bonchev–Trinajstić information content (AvgIpc) is 2.34. The summed E-state index contributed by atoms with van der Waals surface area (Å²) in [5.74, 6) is -0.677. The summed E-state index contributed by atoms with van der Waals surface area (Å²) < 4.78 is 25.9. The molecule has 0 amide bonds. The van der Waals surface area contributed by atoms with Crippen LogP contribution in [0.3, 0.4) is 0 Å². The fraction of sp³-hybridized carbons (Fsp3) is 0.143. The lowest BCUT2D eigenvalue weighted by Crippen LogP contribution is -1.95. The Morgan fingerprint density at radius 2 is 1.61 bits per heavy atom. The van der Waals surface area contributed by atoms with Crippen molar-refractivity contribution in [3.63, 3.8) is 0 Å². The molecule has 0 heterocycles. The van der Waals surface area contributed by atoms with Gasteiger partial charge < -0.3 is 5.11 Å². The van der Waals surface area contributed by atoms with E-state index in [0.29, 0.717) is 5.56 Å². The molecule has 0 aliphatic rings. The van der Waals surface area contributed by atoms with E-state index in [-0.39, 0.29) is 11.6 Å². The van der Waals surface area contributed by atoms with Crippen molar-refractivity contribution >= 4 is 11.8 Å². The van der Waals surface area contributed by atoms with Crippen molar-refractivity contribution in [1.29, 1.82) is 0 Å². The molecule has 0 radical (unpaired) electrons. The summed E-state index contributed by atoms with van der Waals surface area (Å²) in [6.07, 6.45) is -0.747. The molecule has 2 rings (SSSR count). The SMILES string of the molecule is C[C@@H](O)c1cc(F)ccc1Sc1ccc(F)cc1. The number of aliphatic hydroxyl groups is 1. The quantitative estimate of drug-likeness (QED) is 0.899. The Labute approximate surface area is 108 Å². The highest BCUT2D eigenvalue weighted by molar-refractivity contribution is 7.99. The molecule has 94 valence electrons. The third-order valence-corrected chi connectivity index (χ3v) is 3.56. The van der Waals surface area contributed by atoms with Crippen molar-refractivity contribution in [2.45, 2.75) is 22.8 Å². The first-order chi connectivity index (χ1) is 8.56. The van der Waals surface area contributed by atoms with Gasteiger partial charge in [0.25, 0.3) is 0 Å². The topological polar surface area (TPSA) is 20.2 Å². The summed E-state index contributed by atoms with van der Waals surface area (Å²) in [6, 6.07) is 10.3. The molecule has 2 aromatic rings. The molecule has 1 atom stereocenters. The van der Waals surface area contributed by atoms with Gasteiger partial charge in [-0.15, -0.1) is 0 Å². The number of hydrogen-bond donors (Lipinski definition) is 1. The lowest BCUT2D eigenvalue weighted by molar-refractivity contribution is 0.196. The summed E-state index contributed by atoms with van der Waals surface area (Å²) in [5.41, 5.74) is 0.532. The van der Waals surface area contributed by atoms with Crippen LogP contribution in [0.25, 0.3) is 0 Å². The van der Waals surface area contributed by atoms with Crippen LogP contribution >= 0.6 is 11.8 Å². The molecule has 0 bridgehead atoms. The molecule has 0 saturated carbocycles. The Kier molecular flexibility index (Phi) is 3.99.